The van der Waals surface area contributed by atoms with Gasteiger partial charge in [0, 0.05) is 25.8 Å². The maximum absolute atomic E-state index is 5.49. The van der Waals surface area contributed by atoms with Gasteiger partial charge in [0.15, 0.2) is 0 Å². The van der Waals surface area contributed by atoms with Gasteiger partial charge in [-0.15, -0.1) is 0 Å². The van der Waals surface area contributed by atoms with Crippen molar-refractivity contribution in [2.24, 2.45) is 0 Å². The van der Waals surface area contributed by atoms with Gasteiger partial charge in [0.1, 0.15) is 0 Å². The Labute approximate surface area is 79.8 Å². The lowest BCUT2D eigenvalue weighted by molar-refractivity contribution is 0.0105. The molecule has 3 heteroatoms. The van der Waals surface area contributed by atoms with E-state index in [1.54, 1.807) is 7.11 Å². The summed E-state index contributed by atoms with van der Waals surface area (Å²) >= 11 is 0. The van der Waals surface area contributed by atoms with Crippen LogP contribution in [-0.2, 0) is 9.47 Å². The van der Waals surface area contributed by atoms with Gasteiger partial charge in [-0.3, -0.25) is 0 Å². The molecular formula is C10H19NO2. The molecule has 0 aromatic rings. The van der Waals surface area contributed by atoms with Crippen molar-refractivity contribution in [3.05, 3.63) is 0 Å². The Balaban J connectivity index is 1.68. The predicted octanol–water partition coefficient (Wildman–Crippen LogP) is 0.931. The van der Waals surface area contributed by atoms with Crippen molar-refractivity contribution in [1.29, 1.82) is 0 Å². The van der Waals surface area contributed by atoms with E-state index >= 15 is 0 Å². The summed E-state index contributed by atoms with van der Waals surface area (Å²) in [6.07, 6.45) is 4.38. The first kappa shape index (κ1) is 9.44. The molecule has 3 nitrogen and oxygen atoms in total. The van der Waals surface area contributed by atoms with Crippen molar-refractivity contribution in [2.45, 2.75) is 50.5 Å². The third-order valence-corrected chi connectivity index (χ3v) is 3.25. The fraction of sp³-hybridized carbons (Fsp3) is 1.00. The molecule has 13 heavy (non-hydrogen) atoms. The van der Waals surface area contributed by atoms with E-state index in [9.17, 15) is 0 Å². The molecule has 1 heterocycles. The van der Waals surface area contributed by atoms with E-state index < -0.39 is 0 Å². The average molecular weight is 185 g/mol. The zero-order valence-electron chi connectivity index (χ0n) is 8.45. The minimum absolute atomic E-state index is 0.390. The van der Waals surface area contributed by atoms with Gasteiger partial charge < -0.3 is 14.8 Å². The van der Waals surface area contributed by atoms with Crippen LogP contribution in [0.1, 0.15) is 26.2 Å². The molecule has 2 unspecified atom stereocenters. The summed E-state index contributed by atoms with van der Waals surface area (Å²) < 4.78 is 10.7. The molecule has 0 radical (unpaired) electrons. The summed E-state index contributed by atoms with van der Waals surface area (Å²) in [7, 11) is 1.79. The Morgan fingerprint density at radius 3 is 2.69 bits per heavy atom. The number of hydrogen-bond donors (Lipinski definition) is 1. The van der Waals surface area contributed by atoms with Crippen molar-refractivity contribution < 1.29 is 9.47 Å². The standard InChI is InChI=1S/C10H19NO2/c1-7-10(3-4-13-7)11-8-5-9(6-8)12-2/h7-11H,3-6H2,1-2H3. The average Bonchev–Trinajstić information content (AvgIpc) is 2.43. The van der Waals surface area contributed by atoms with Crippen LogP contribution in [-0.4, -0.2) is 38.0 Å². The molecule has 2 aliphatic rings. The maximum Gasteiger partial charge on any atom is 0.0700 e. The number of nitrogens with one attached hydrogen (secondary N) is 1. The minimum Gasteiger partial charge on any atom is -0.381 e. The van der Waals surface area contributed by atoms with Gasteiger partial charge in [-0.25, -0.2) is 0 Å². The Kier molecular flexibility index (Phi) is 2.86. The molecule has 0 aromatic carbocycles. The van der Waals surface area contributed by atoms with Crippen LogP contribution in [0, 0.1) is 0 Å². The second-order valence-corrected chi connectivity index (χ2v) is 4.16. The molecule has 2 fully saturated rings. The van der Waals surface area contributed by atoms with Crippen LogP contribution in [0.3, 0.4) is 0 Å². The molecule has 76 valence electrons. The van der Waals surface area contributed by atoms with Gasteiger partial charge in [-0.2, -0.15) is 0 Å². The van der Waals surface area contributed by atoms with Crippen LogP contribution in [0.4, 0.5) is 0 Å². The highest BCUT2D eigenvalue weighted by Crippen LogP contribution is 2.25. The lowest BCUT2D eigenvalue weighted by Crippen LogP contribution is -2.50. The zero-order valence-corrected chi connectivity index (χ0v) is 8.45. The molecule has 0 spiro atoms. The Morgan fingerprint density at radius 2 is 2.15 bits per heavy atom. The zero-order chi connectivity index (χ0) is 9.26. The van der Waals surface area contributed by atoms with Crippen LogP contribution < -0.4 is 5.32 Å². The van der Waals surface area contributed by atoms with Crippen molar-refractivity contribution in [3.63, 3.8) is 0 Å². The first-order chi connectivity index (χ1) is 6.29. The SMILES string of the molecule is COC1CC(NC2CCOC2C)C1. The van der Waals surface area contributed by atoms with Crippen LogP contribution in [0.25, 0.3) is 0 Å². The van der Waals surface area contributed by atoms with Crippen molar-refractivity contribution in [3.8, 4) is 0 Å². The lowest BCUT2D eigenvalue weighted by Gasteiger charge is -2.37. The largest absolute Gasteiger partial charge is 0.381 e. The van der Waals surface area contributed by atoms with Crippen molar-refractivity contribution in [1.82, 2.24) is 5.32 Å². The van der Waals surface area contributed by atoms with Gasteiger partial charge in [0.25, 0.3) is 0 Å². The molecule has 1 saturated carbocycles. The van der Waals surface area contributed by atoms with E-state index in [1.807, 2.05) is 0 Å². The molecule has 0 bridgehead atoms. The van der Waals surface area contributed by atoms with Gasteiger partial charge in [-0.05, 0) is 26.2 Å². The van der Waals surface area contributed by atoms with Gasteiger partial charge in [0.2, 0.25) is 0 Å². The molecule has 2 rings (SSSR count). The summed E-state index contributed by atoms with van der Waals surface area (Å²) in [5, 5.41) is 3.62. The second-order valence-electron chi connectivity index (χ2n) is 4.16. The van der Waals surface area contributed by atoms with Crippen molar-refractivity contribution in [2.75, 3.05) is 13.7 Å². The fourth-order valence-electron chi connectivity index (χ4n) is 2.15. The van der Waals surface area contributed by atoms with Crippen LogP contribution in [0.5, 0.6) is 0 Å². The number of ether oxygens (including phenoxy) is 2. The molecule has 0 amide bonds. The highest BCUT2D eigenvalue weighted by molar-refractivity contribution is 4.91. The Bertz CT molecular complexity index is 168. The van der Waals surface area contributed by atoms with Crippen LogP contribution in [0.2, 0.25) is 0 Å². The second kappa shape index (κ2) is 3.95. The van der Waals surface area contributed by atoms with E-state index in [0.717, 1.165) is 13.0 Å². The van der Waals surface area contributed by atoms with Gasteiger partial charge in [-0.1, -0.05) is 0 Å². The smallest absolute Gasteiger partial charge is 0.0700 e. The molecule has 1 aliphatic heterocycles. The number of methoxy groups -OCH3 is 1. The van der Waals surface area contributed by atoms with Gasteiger partial charge in [0.05, 0.1) is 12.2 Å². The first-order valence-corrected chi connectivity index (χ1v) is 5.20. The molecule has 0 aromatic heterocycles. The monoisotopic (exact) mass is 185 g/mol. The van der Waals surface area contributed by atoms with E-state index in [4.69, 9.17) is 9.47 Å². The summed E-state index contributed by atoms with van der Waals surface area (Å²) in [4.78, 5) is 0. The Morgan fingerprint density at radius 1 is 1.38 bits per heavy atom. The quantitative estimate of drug-likeness (QED) is 0.709. The van der Waals surface area contributed by atoms with Crippen molar-refractivity contribution >= 4 is 0 Å². The Hall–Kier alpha value is -0.120. The summed E-state index contributed by atoms with van der Waals surface area (Å²) in [5.74, 6) is 0. The van der Waals surface area contributed by atoms with E-state index in [2.05, 4.69) is 12.2 Å². The van der Waals surface area contributed by atoms with E-state index in [1.165, 1.54) is 12.8 Å². The molecule has 1 N–H and O–H groups in total. The van der Waals surface area contributed by atoms with E-state index in [-0.39, 0.29) is 0 Å². The highest BCUT2D eigenvalue weighted by Gasteiger charge is 2.33. The third kappa shape index (κ3) is 2.03. The highest BCUT2D eigenvalue weighted by atomic mass is 16.5. The molecule has 1 saturated heterocycles. The fourth-order valence-corrected chi connectivity index (χ4v) is 2.15. The van der Waals surface area contributed by atoms with E-state index in [0.29, 0.717) is 24.3 Å². The summed E-state index contributed by atoms with van der Waals surface area (Å²) in [5.41, 5.74) is 0. The minimum atomic E-state index is 0.390. The summed E-state index contributed by atoms with van der Waals surface area (Å²) in [6.45, 7) is 3.07. The lowest BCUT2D eigenvalue weighted by atomic mass is 9.88. The maximum atomic E-state index is 5.49. The normalized spacial score (nSPS) is 44.8. The third-order valence-electron chi connectivity index (χ3n) is 3.25. The molecular weight excluding hydrogens is 166 g/mol. The number of hydrogen-bond acceptors (Lipinski definition) is 3. The topological polar surface area (TPSA) is 30.5 Å². The van der Waals surface area contributed by atoms with Crippen LogP contribution >= 0.6 is 0 Å². The molecule has 2 atom stereocenters. The summed E-state index contributed by atoms with van der Waals surface area (Å²) in [6, 6.07) is 1.24. The van der Waals surface area contributed by atoms with Gasteiger partial charge >= 0.3 is 0 Å². The predicted molar refractivity (Wildman–Crippen MR) is 50.8 cm³/mol. The van der Waals surface area contributed by atoms with Crippen LogP contribution in [0.15, 0.2) is 0 Å². The first-order valence-electron chi connectivity index (χ1n) is 5.20. The number of rotatable bonds is 3. The molecule has 1 aliphatic carbocycles.